The summed E-state index contributed by atoms with van der Waals surface area (Å²) >= 11 is 6.08. The molecule has 0 amide bonds. The molecule has 2 aromatic rings. The van der Waals surface area contributed by atoms with Crippen molar-refractivity contribution in [3.05, 3.63) is 40.7 Å². The minimum absolute atomic E-state index is 0.299. The second-order valence-corrected chi connectivity index (χ2v) is 4.51. The molecular formula is C13H16ClN3O2. The van der Waals surface area contributed by atoms with Crippen LogP contribution in [-0.2, 0) is 6.42 Å². The highest BCUT2D eigenvalue weighted by Crippen LogP contribution is 2.22. The van der Waals surface area contributed by atoms with Gasteiger partial charge in [0.05, 0.1) is 6.26 Å². The lowest BCUT2D eigenvalue weighted by molar-refractivity contribution is 0.162. The summed E-state index contributed by atoms with van der Waals surface area (Å²) in [6.45, 7) is 4.06. The molecule has 0 aliphatic heterocycles. The molecule has 0 bridgehead atoms. The molecule has 19 heavy (non-hydrogen) atoms. The van der Waals surface area contributed by atoms with Gasteiger partial charge in [-0.05, 0) is 25.5 Å². The Morgan fingerprint density at radius 2 is 2.26 bits per heavy atom. The molecule has 0 aliphatic carbocycles. The van der Waals surface area contributed by atoms with Crippen LogP contribution in [0, 0.1) is 6.92 Å². The second-order valence-electron chi connectivity index (χ2n) is 4.15. The fourth-order valence-corrected chi connectivity index (χ4v) is 2.14. The maximum atomic E-state index is 9.94. The Kier molecular flexibility index (Phi) is 4.39. The van der Waals surface area contributed by atoms with E-state index >= 15 is 0 Å². The first-order valence-corrected chi connectivity index (χ1v) is 6.48. The summed E-state index contributed by atoms with van der Waals surface area (Å²) < 4.78 is 5.14. The number of halogens is 1. The number of aryl methyl sites for hydroxylation is 1. The number of aliphatic hydroxyl groups is 1. The van der Waals surface area contributed by atoms with Crippen molar-refractivity contribution in [3.8, 4) is 0 Å². The molecular weight excluding hydrogens is 266 g/mol. The zero-order valence-electron chi connectivity index (χ0n) is 10.9. The van der Waals surface area contributed by atoms with Gasteiger partial charge < -0.3 is 14.8 Å². The van der Waals surface area contributed by atoms with Gasteiger partial charge in [-0.25, -0.2) is 9.97 Å². The molecule has 0 saturated carbocycles. The van der Waals surface area contributed by atoms with Crippen LogP contribution in [0.4, 0.5) is 5.82 Å². The van der Waals surface area contributed by atoms with E-state index in [1.165, 1.54) is 6.26 Å². The number of nitrogens with zero attached hydrogens (tertiary/aromatic N) is 2. The molecule has 0 unspecified atom stereocenters. The molecule has 2 rings (SSSR count). The average Bonchev–Trinajstić information content (AvgIpc) is 2.89. The first-order valence-electron chi connectivity index (χ1n) is 6.10. The molecule has 2 aromatic heterocycles. The van der Waals surface area contributed by atoms with Crippen molar-refractivity contribution in [3.63, 3.8) is 0 Å². The lowest BCUT2D eigenvalue weighted by Crippen LogP contribution is -2.14. The Balaban J connectivity index is 2.11. The van der Waals surface area contributed by atoms with Gasteiger partial charge >= 0.3 is 0 Å². The van der Waals surface area contributed by atoms with Crippen molar-refractivity contribution >= 4 is 17.4 Å². The molecule has 0 aliphatic rings. The van der Waals surface area contributed by atoms with Crippen molar-refractivity contribution < 1.29 is 9.52 Å². The Morgan fingerprint density at radius 3 is 2.89 bits per heavy atom. The van der Waals surface area contributed by atoms with E-state index in [9.17, 15) is 5.11 Å². The smallest absolute Gasteiger partial charge is 0.138 e. The second kappa shape index (κ2) is 6.04. The number of hydrogen-bond donors (Lipinski definition) is 2. The van der Waals surface area contributed by atoms with E-state index in [0.717, 1.165) is 12.0 Å². The van der Waals surface area contributed by atoms with Crippen molar-refractivity contribution in [1.29, 1.82) is 0 Å². The highest BCUT2D eigenvalue weighted by atomic mass is 35.5. The summed E-state index contributed by atoms with van der Waals surface area (Å²) in [5.74, 6) is 1.77. The van der Waals surface area contributed by atoms with Gasteiger partial charge in [0.15, 0.2) is 0 Å². The van der Waals surface area contributed by atoms with Gasteiger partial charge in [-0.3, -0.25) is 0 Å². The Bertz CT molecular complexity index is 543. The molecule has 1 atom stereocenters. The SMILES string of the molecule is CCc1c(Cl)nc(C)nc1NC[C@@H](O)c1ccco1. The van der Waals surface area contributed by atoms with Crippen LogP contribution in [0.1, 0.15) is 30.2 Å². The van der Waals surface area contributed by atoms with Crippen molar-refractivity contribution in [2.24, 2.45) is 0 Å². The van der Waals surface area contributed by atoms with E-state index < -0.39 is 6.10 Å². The molecule has 0 fully saturated rings. The van der Waals surface area contributed by atoms with E-state index in [0.29, 0.717) is 29.1 Å². The van der Waals surface area contributed by atoms with Crippen LogP contribution in [0.25, 0.3) is 0 Å². The predicted molar refractivity (Wildman–Crippen MR) is 73.3 cm³/mol. The third-order valence-electron chi connectivity index (χ3n) is 2.76. The molecule has 0 radical (unpaired) electrons. The van der Waals surface area contributed by atoms with Gasteiger partial charge in [-0.1, -0.05) is 18.5 Å². The maximum Gasteiger partial charge on any atom is 0.138 e. The van der Waals surface area contributed by atoms with Gasteiger partial charge in [0.1, 0.15) is 28.7 Å². The summed E-state index contributed by atoms with van der Waals surface area (Å²) in [7, 11) is 0. The Morgan fingerprint density at radius 1 is 1.47 bits per heavy atom. The van der Waals surface area contributed by atoms with E-state index in [4.69, 9.17) is 16.0 Å². The Labute approximate surface area is 116 Å². The summed E-state index contributed by atoms with van der Waals surface area (Å²) in [6.07, 6.45) is 1.52. The summed E-state index contributed by atoms with van der Waals surface area (Å²) in [4.78, 5) is 8.43. The van der Waals surface area contributed by atoms with Crippen LogP contribution < -0.4 is 5.32 Å². The third kappa shape index (κ3) is 3.24. The zero-order valence-corrected chi connectivity index (χ0v) is 11.6. The highest BCUT2D eigenvalue weighted by Gasteiger charge is 2.14. The number of rotatable bonds is 5. The van der Waals surface area contributed by atoms with Crippen molar-refractivity contribution in [2.45, 2.75) is 26.4 Å². The molecule has 2 N–H and O–H groups in total. The van der Waals surface area contributed by atoms with Crippen LogP contribution in [0.2, 0.25) is 5.15 Å². The number of aliphatic hydroxyl groups excluding tert-OH is 1. The molecule has 2 heterocycles. The number of nitrogens with one attached hydrogen (secondary N) is 1. The van der Waals surface area contributed by atoms with Crippen molar-refractivity contribution in [1.82, 2.24) is 9.97 Å². The molecule has 102 valence electrons. The van der Waals surface area contributed by atoms with Gasteiger partial charge in [-0.2, -0.15) is 0 Å². The number of hydrogen-bond acceptors (Lipinski definition) is 5. The first-order chi connectivity index (χ1) is 9.11. The monoisotopic (exact) mass is 281 g/mol. The van der Waals surface area contributed by atoms with E-state index in [1.807, 2.05) is 6.92 Å². The van der Waals surface area contributed by atoms with Crippen LogP contribution in [0.15, 0.2) is 22.8 Å². The van der Waals surface area contributed by atoms with Gasteiger partial charge in [0, 0.05) is 12.1 Å². The summed E-state index contributed by atoms with van der Waals surface area (Å²) in [6, 6.07) is 3.47. The normalized spacial score (nSPS) is 12.4. The van der Waals surface area contributed by atoms with E-state index in [2.05, 4.69) is 15.3 Å². The lowest BCUT2D eigenvalue weighted by atomic mass is 10.2. The predicted octanol–water partition coefficient (Wildman–Crippen LogP) is 2.74. The van der Waals surface area contributed by atoms with E-state index in [-0.39, 0.29) is 0 Å². The minimum Gasteiger partial charge on any atom is -0.467 e. The van der Waals surface area contributed by atoms with Crippen LogP contribution in [0.5, 0.6) is 0 Å². The number of aromatic nitrogens is 2. The topological polar surface area (TPSA) is 71.2 Å². The van der Waals surface area contributed by atoms with Crippen LogP contribution in [-0.4, -0.2) is 21.6 Å². The number of anilines is 1. The fourth-order valence-electron chi connectivity index (χ4n) is 1.80. The van der Waals surface area contributed by atoms with Crippen molar-refractivity contribution in [2.75, 3.05) is 11.9 Å². The van der Waals surface area contributed by atoms with Gasteiger partial charge in [-0.15, -0.1) is 0 Å². The highest BCUT2D eigenvalue weighted by molar-refractivity contribution is 6.30. The standard InChI is InChI=1S/C13H16ClN3O2/c1-3-9-12(14)16-8(2)17-13(9)15-7-10(18)11-5-4-6-19-11/h4-6,10,18H,3,7H2,1-2H3,(H,15,16,17)/t10-/m1/s1. The molecule has 5 nitrogen and oxygen atoms in total. The Hall–Kier alpha value is -1.59. The van der Waals surface area contributed by atoms with Crippen LogP contribution >= 0.6 is 11.6 Å². The first kappa shape index (κ1) is 13.8. The number of furan rings is 1. The summed E-state index contributed by atoms with van der Waals surface area (Å²) in [5.41, 5.74) is 0.846. The van der Waals surface area contributed by atoms with Gasteiger partial charge in [0.25, 0.3) is 0 Å². The van der Waals surface area contributed by atoms with E-state index in [1.54, 1.807) is 19.1 Å². The maximum absolute atomic E-state index is 9.94. The molecule has 0 saturated heterocycles. The largest absolute Gasteiger partial charge is 0.467 e. The van der Waals surface area contributed by atoms with Gasteiger partial charge in [0.2, 0.25) is 0 Å². The third-order valence-corrected chi connectivity index (χ3v) is 3.07. The minimum atomic E-state index is -0.728. The lowest BCUT2D eigenvalue weighted by Gasteiger charge is -2.14. The van der Waals surface area contributed by atoms with Crippen LogP contribution in [0.3, 0.4) is 0 Å². The molecule has 0 spiro atoms. The summed E-state index contributed by atoms with van der Waals surface area (Å²) in [5, 5.41) is 13.5. The quantitative estimate of drug-likeness (QED) is 0.825. The average molecular weight is 282 g/mol. The zero-order chi connectivity index (χ0) is 13.8. The fraction of sp³-hybridized carbons (Fsp3) is 0.385. The molecule has 0 aromatic carbocycles. The molecule has 6 heteroatoms.